The maximum atomic E-state index is 13.3. The molecule has 4 bridgehead atoms. The summed E-state index contributed by atoms with van der Waals surface area (Å²) in [5.41, 5.74) is 0.179. The Hall–Kier alpha value is -3.23. The molecule has 4 amide bonds. The Morgan fingerprint density at radius 1 is 1.06 bits per heavy atom. The molecule has 9 heteroatoms. The minimum atomic E-state index is -0.813. The van der Waals surface area contributed by atoms with Gasteiger partial charge in [0.1, 0.15) is 12.3 Å². The van der Waals surface area contributed by atoms with Crippen molar-refractivity contribution in [2.24, 2.45) is 17.8 Å². The van der Waals surface area contributed by atoms with Crippen molar-refractivity contribution in [3.8, 4) is 17.1 Å². The van der Waals surface area contributed by atoms with Gasteiger partial charge >= 0.3 is 17.8 Å². The summed E-state index contributed by atoms with van der Waals surface area (Å²) in [5, 5.41) is 3.96. The molecule has 2 aromatic rings. The number of benzene rings is 1. The fourth-order valence-electron chi connectivity index (χ4n) is 6.74. The number of nitrogens with zero attached hydrogens (tertiary/aromatic N) is 4. The van der Waals surface area contributed by atoms with Gasteiger partial charge in [-0.1, -0.05) is 17.3 Å². The SMILES string of the molecule is COc1cccc(-c2noc(CN3C(=O)C(=O)N(C45CC6CC(CC(C6)C4)C5)C3=O)n2)c1. The van der Waals surface area contributed by atoms with Crippen LogP contribution in [0, 0.1) is 17.8 Å². The van der Waals surface area contributed by atoms with Crippen LogP contribution in [0.2, 0.25) is 0 Å². The van der Waals surface area contributed by atoms with Gasteiger partial charge in [0, 0.05) is 5.56 Å². The highest BCUT2D eigenvalue weighted by molar-refractivity contribution is 6.44. The zero-order chi connectivity index (χ0) is 22.0. The first-order chi connectivity index (χ1) is 15.5. The van der Waals surface area contributed by atoms with Crippen LogP contribution < -0.4 is 4.74 Å². The number of hydrogen-bond acceptors (Lipinski definition) is 7. The first-order valence-corrected chi connectivity index (χ1v) is 11.1. The van der Waals surface area contributed by atoms with Crippen LogP contribution in [0.1, 0.15) is 44.4 Å². The van der Waals surface area contributed by atoms with Crippen molar-refractivity contribution in [1.29, 1.82) is 0 Å². The van der Waals surface area contributed by atoms with E-state index >= 15 is 0 Å². The molecule has 0 atom stereocenters. The van der Waals surface area contributed by atoms with E-state index in [1.54, 1.807) is 25.3 Å². The average Bonchev–Trinajstić information content (AvgIpc) is 3.32. The maximum Gasteiger partial charge on any atom is 0.335 e. The number of imide groups is 2. The summed E-state index contributed by atoms with van der Waals surface area (Å²) in [6.07, 6.45) is 6.00. The van der Waals surface area contributed by atoms with Crippen molar-refractivity contribution in [2.45, 2.75) is 50.6 Å². The minimum Gasteiger partial charge on any atom is -0.497 e. The van der Waals surface area contributed by atoms with Crippen LogP contribution in [-0.2, 0) is 16.1 Å². The molecule has 2 heterocycles. The molecule has 4 saturated carbocycles. The summed E-state index contributed by atoms with van der Waals surface area (Å²) in [4.78, 5) is 45.6. The first-order valence-electron chi connectivity index (χ1n) is 11.1. The average molecular weight is 436 g/mol. The van der Waals surface area contributed by atoms with Gasteiger partial charge in [-0.05, 0) is 68.4 Å². The molecule has 9 nitrogen and oxygen atoms in total. The Morgan fingerprint density at radius 3 is 2.41 bits per heavy atom. The van der Waals surface area contributed by atoms with E-state index in [1.807, 2.05) is 6.07 Å². The van der Waals surface area contributed by atoms with Crippen LogP contribution >= 0.6 is 0 Å². The molecule has 4 aliphatic carbocycles. The molecule has 7 rings (SSSR count). The largest absolute Gasteiger partial charge is 0.497 e. The van der Waals surface area contributed by atoms with E-state index in [9.17, 15) is 14.4 Å². The lowest BCUT2D eigenvalue weighted by molar-refractivity contribution is -0.150. The van der Waals surface area contributed by atoms with Crippen LogP contribution in [0.4, 0.5) is 4.79 Å². The molecule has 5 fully saturated rings. The maximum absolute atomic E-state index is 13.3. The van der Waals surface area contributed by atoms with Crippen LogP contribution in [-0.4, -0.2) is 50.4 Å². The second kappa shape index (κ2) is 6.88. The molecule has 1 aliphatic heterocycles. The predicted molar refractivity (Wildman–Crippen MR) is 110 cm³/mol. The quantitative estimate of drug-likeness (QED) is 0.524. The third kappa shape index (κ3) is 2.87. The lowest BCUT2D eigenvalue weighted by atomic mass is 9.52. The van der Waals surface area contributed by atoms with Crippen molar-refractivity contribution >= 4 is 17.8 Å². The van der Waals surface area contributed by atoms with E-state index in [-0.39, 0.29) is 12.4 Å². The third-order valence-electron chi connectivity index (χ3n) is 7.62. The monoisotopic (exact) mass is 436 g/mol. The Morgan fingerprint density at radius 2 is 1.75 bits per heavy atom. The molecule has 1 aromatic carbocycles. The van der Waals surface area contributed by atoms with Crippen molar-refractivity contribution < 1.29 is 23.6 Å². The number of amides is 4. The molecular weight excluding hydrogens is 412 g/mol. The number of carbonyl (C=O) groups is 3. The molecular formula is C23H24N4O5. The third-order valence-corrected chi connectivity index (χ3v) is 7.62. The summed E-state index contributed by atoms with van der Waals surface area (Å²) >= 11 is 0. The molecule has 5 aliphatic rings. The molecule has 0 unspecified atom stereocenters. The van der Waals surface area contributed by atoms with Gasteiger partial charge in [-0.2, -0.15) is 4.98 Å². The van der Waals surface area contributed by atoms with E-state index in [4.69, 9.17) is 9.26 Å². The predicted octanol–water partition coefficient (Wildman–Crippen LogP) is 3.00. The van der Waals surface area contributed by atoms with Gasteiger partial charge < -0.3 is 9.26 Å². The summed E-state index contributed by atoms with van der Waals surface area (Å²) in [5.74, 6) is 1.19. The smallest absolute Gasteiger partial charge is 0.335 e. The Bertz CT molecular complexity index is 1090. The molecule has 32 heavy (non-hydrogen) atoms. The van der Waals surface area contributed by atoms with Crippen LogP contribution in [0.5, 0.6) is 5.75 Å². The number of urea groups is 1. The van der Waals surface area contributed by atoms with Gasteiger partial charge in [-0.25, -0.2) is 14.6 Å². The summed E-state index contributed by atoms with van der Waals surface area (Å²) in [7, 11) is 1.57. The number of rotatable bonds is 5. The molecule has 0 N–H and O–H groups in total. The normalized spacial score (nSPS) is 31.2. The second-order valence-corrected chi connectivity index (χ2v) is 9.70. The zero-order valence-electron chi connectivity index (χ0n) is 17.8. The van der Waals surface area contributed by atoms with Gasteiger partial charge in [0.05, 0.1) is 12.6 Å². The summed E-state index contributed by atoms with van der Waals surface area (Å²) < 4.78 is 10.5. The minimum absolute atomic E-state index is 0.102. The Balaban J connectivity index is 1.24. The summed E-state index contributed by atoms with van der Waals surface area (Å²) in [6, 6.07) is 6.63. The zero-order valence-corrected chi connectivity index (χ0v) is 17.8. The highest BCUT2D eigenvalue weighted by Crippen LogP contribution is 2.58. The number of hydrogen-bond donors (Lipinski definition) is 0. The lowest BCUT2D eigenvalue weighted by Crippen LogP contribution is -2.61. The topological polar surface area (TPSA) is 106 Å². The second-order valence-electron chi connectivity index (χ2n) is 9.70. The highest BCUT2D eigenvalue weighted by Gasteiger charge is 2.61. The summed E-state index contributed by atoms with van der Waals surface area (Å²) in [6.45, 7) is -0.219. The number of carbonyl (C=O) groups excluding carboxylic acids is 3. The molecule has 1 aromatic heterocycles. The molecule has 0 radical (unpaired) electrons. The van der Waals surface area contributed by atoms with Crippen molar-refractivity contribution in [1.82, 2.24) is 19.9 Å². The van der Waals surface area contributed by atoms with Gasteiger partial charge in [0.15, 0.2) is 0 Å². The van der Waals surface area contributed by atoms with Crippen molar-refractivity contribution in [3.63, 3.8) is 0 Å². The van der Waals surface area contributed by atoms with Crippen molar-refractivity contribution in [2.75, 3.05) is 7.11 Å². The van der Waals surface area contributed by atoms with Gasteiger partial charge in [-0.3, -0.25) is 9.59 Å². The first kappa shape index (κ1) is 19.5. The number of aromatic nitrogens is 2. The molecule has 166 valence electrons. The standard InChI is InChI=1S/C23H24N4O5/c1-31-17-4-2-3-16(8-17)19-24-18(32-25-19)12-26-20(28)21(29)27(22(26)30)23-9-13-5-14(10-23)7-15(6-13)11-23/h2-4,8,13-15H,5-7,9-12H2,1H3. The fourth-order valence-corrected chi connectivity index (χ4v) is 6.74. The van der Waals surface area contributed by atoms with E-state index in [1.165, 1.54) is 24.2 Å². The van der Waals surface area contributed by atoms with E-state index < -0.39 is 23.4 Å². The van der Waals surface area contributed by atoms with Crippen LogP contribution in [0.3, 0.4) is 0 Å². The van der Waals surface area contributed by atoms with Gasteiger partial charge in [0.2, 0.25) is 11.7 Å². The Labute approximate surface area is 184 Å². The van der Waals surface area contributed by atoms with Gasteiger partial charge in [-0.15, -0.1) is 0 Å². The Kier molecular flexibility index (Phi) is 4.18. The van der Waals surface area contributed by atoms with Crippen LogP contribution in [0.25, 0.3) is 11.4 Å². The fraction of sp³-hybridized carbons (Fsp3) is 0.522. The van der Waals surface area contributed by atoms with E-state index in [2.05, 4.69) is 10.1 Å². The molecule has 1 saturated heterocycles. The number of ether oxygens (including phenoxy) is 1. The van der Waals surface area contributed by atoms with E-state index in [0.29, 0.717) is 34.9 Å². The van der Waals surface area contributed by atoms with Gasteiger partial charge in [0.25, 0.3) is 0 Å². The van der Waals surface area contributed by atoms with Crippen LogP contribution in [0.15, 0.2) is 28.8 Å². The lowest BCUT2D eigenvalue weighted by Gasteiger charge is -2.58. The number of methoxy groups -OCH3 is 1. The van der Waals surface area contributed by atoms with E-state index in [0.717, 1.165) is 24.2 Å². The van der Waals surface area contributed by atoms with Crippen molar-refractivity contribution in [3.05, 3.63) is 30.2 Å². The highest BCUT2D eigenvalue weighted by atomic mass is 16.5. The molecule has 0 spiro atoms.